The number of piperidine rings is 1. The van der Waals surface area contributed by atoms with E-state index in [9.17, 15) is 18.4 Å². The van der Waals surface area contributed by atoms with Crippen LogP contribution in [0.15, 0.2) is 24.3 Å². The molecule has 3 N–H and O–H groups in total. The van der Waals surface area contributed by atoms with Gasteiger partial charge in [0.05, 0.1) is 6.54 Å². The maximum atomic E-state index is 13.5. The molecule has 0 radical (unpaired) electrons. The van der Waals surface area contributed by atoms with Crippen molar-refractivity contribution in [3.05, 3.63) is 29.8 Å². The summed E-state index contributed by atoms with van der Waals surface area (Å²) >= 11 is 0. The van der Waals surface area contributed by atoms with E-state index in [1.165, 1.54) is 7.05 Å². The molecule has 22 heavy (non-hydrogen) atoms. The fourth-order valence-corrected chi connectivity index (χ4v) is 2.37. The molecule has 5 nitrogen and oxygen atoms in total. The Labute approximate surface area is 127 Å². The van der Waals surface area contributed by atoms with Gasteiger partial charge in [-0.15, -0.1) is 0 Å². The van der Waals surface area contributed by atoms with Crippen LogP contribution in [0, 0.1) is 0 Å². The maximum Gasteiger partial charge on any atom is 0.264 e. The smallest absolute Gasteiger partial charge is 0.264 e. The predicted octanol–water partition coefficient (Wildman–Crippen LogP) is 1.30. The molecule has 1 aliphatic heterocycles. The lowest BCUT2D eigenvalue weighted by Crippen LogP contribution is -2.47. The average molecular weight is 311 g/mol. The van der Waals surface area contributed by atoms with Crippen LogP contribution in [-0.4, -0.2) is 37.4 Å². The van der Waals surface area contributed by atoms with E-state index in [4.69, 9.17) is 0 Å². The molecular weight excluding hydrogens is 292 g/mol. The van der Waals surface area contributed by atoms with E-state index in [1.54, 1.807) is 24.3 Å². The number of anilines is 1. The van der Waals surface area contributed by atoms with Crippen LogP contribution < -0.4 is 16.0 Å². The van der Waals surface area contributed by atoms with Gasteiger partial charge in [-0.2, -0.15) is 0 Å². The number of rotatable bonds is 6. The Bertz CT molecular complexity index is 546. The molecule has 0 bridgehead atoms. The van der Waals surface area contributed by atoms with Crippen LogP contribution in [0.1, 0.15) is 18.4 Å². The van der Waals surface area contributed by atoms with Gasteiger partial charge < -0.3 is 10.6 Å². The number of amides is 2. The molecule has 1 atom stereocenters. The highest BCUT2D eigenvalue weighted by atomic mass is 19.3. The van der Waals surface area contributed by atoms with Crippen LogP contribution >= 0.6 is 0 Å². The fraction of sp³-hybridized carbons (Fsp3) is 0.467. The average Bonchev–Trinajstić information content (AvgIpc) is 2.43. The SMILES string of the molecule is CNCC(F)(F)Cc1ccc(NC2CCC(=O)NC2=O)cc1. The van der Waals surface area contributed by atoms with Gasteiger partial charge in [0.25, 0.3) is 5.92 Å². The second-order valence-electron chi connectivity index (χ2n) is 5.41. The van der Waals surface area contributed by atoms with E-state index >= 15 is 0 Å². The fourth-order valence-electron chi connectivity index (χ4n) is 2.37. The Morgan fingerprint density at radius 3 is 2.55 bits per heavy atom. The topological polar surface area (TPSA) is 70.2 Å². The van der Waals surface area contributed by atoms with E-state index in [0.717, 1.165) is 0 Å². The van der Waals surface area contributed by atoms with Crippen molar-refractivity contribution in [1.29, 1.82) is 0 Å². The van der Waals surface area contributed by atoms with Gasteiger partial charge in [0.15, 0.2) is 0 Å². The lowest BCUT2D eigenvalue weighted by Gasteiger charge is -2.23. The van der Waals surface area contributed by atoms with Gasteiger partial charge in [-0.3, -0.25) is 14.9 Å². The molecule has 0 saturated carbocycles. The Morgan fingerprint density at radius 2 is 1.95 bits per heavy atom. The minimum atomic E-state index is -2.80. The molecule has 0 spiro atoms. The molecule has 2 rings (SSSR count). The lowest BCUT2D eigenvalue weighted by molar-refractivity contribution is -0.133. The summed E-state index contributed by atoms with van der Waals surface area (Å²) in [6.45, 7) is -0.372. The molecule has 120 valence electrons. The maximum absolute atomic E-state index is 13.5. The highest BCUT2D eigenvalue weighted by molar-refractivity contribution is 6.01. The Kier molecular flexibility index (Phi) is 5.07. The third-order valence-corrected chi connectivity index (χ3v) is 3.43. The summed E-state index contributed by atoms with van der Waals surface area (Å²) in [4.78, 5) is 22.7. The van der Waals surface area contributed by atoms with Crippen LogP contribution in [-0.2, 0) is 16.0 Å². The quantitative estimate of drug-likeness (QED) is 0.693. The minimum Gasteiger partial charge on any atom is -0.374 e. The van der Waals surface area contributed by atoms with Crippen molar-refractivity contribution >= 4 is 17.5 Å². The molecule has 7 heteroatoms. The van der Waals surface area contributed by atoms with E-state index in [0.29, 0.717) is 17.7 Å². The van der Waals surface area contributed by atoms with E-state index in [-0.39, 0.29) is 31.2 Å². The molecule has 1 fully saturated rings. The van der Waals surface area contributed by atoms with E-state index in [1.807, 2.05) is 0 Å². The number of hydrogen-bond acceptors (Lipinski definition) is 4. The normalized spacial score (nSPS) is 19.0. The Hall–Kier alpha value is -2.02. The van der Waals surface area contributed by atoms with Crippen LogP contribution in [0.3, 0.4) is 0 Å². The highest BCUT2D eigenvalue weighted by Gasteiger charge is 2.28. The van der Waals surface area contributed by atoms with Crippen molar-refractivity contribution in [3.63, 3.8) is 0 Å². The molecule has 1 heterocycles. The molecule has 1 aromatic rings. The summed E-state index contributed by atoms with van der Waals surface area (Å²) in [6, 6.07) is 6.06. The molecule has 1 aliphatic rings. The first kappa shape index (κ1) is 16.4. The molecule has 0 aromatic heterocycles. The van der Waals surface area contributed by atoms with E-state index < -0.39 is 12.0 Å². The zero-order valence-electron chi connectivity index (χ0n) is 12.3. The lowest BCUT2D eigenvalue weighted by atomic mass is 10.0. The largest absolute Gasteiger partial charge is 0.374 e. The summed E-state index contributed by atoms with van der Waals surface area (Å²) < 4.78 is 27.0. The first-order valence-corrected chi connectivity index (χ1v) is 7.11. The van der Waals surface area contributed by atoms with Gasteiger partial charge in [-0.1, -0.05) is 12.1 Å². The van der Waals surface area contributed by atoms with Gasteiger partial charge in [-0.25, -0.2) is 8.78 Å². The molecular formula is C15H19F2N3O2. The second-order valence-corrected chi connectivity index (χ2v) is 5.41. The van der Waals surface area contributed by atoms with E-state index in [2.05, 4.69) is 16.0 Å². The molecule has 1 aromatic carbocycles. The van der Waals surface area contributed by atoms with Gasteiger partial charge in [0.2, 0.25) is 11.8 Å². The molecule has 1 saturated heterocycles. The summed E-state index contributed by atoms with van der Waals surface area (Å²) in [5.41, 5.74) is 1.18. The third kappa shape index (κ3) is 4.49. The highest BCUT2D eigenvalue weighted by Crippen LogP contribution is 2.21. The first-order valence-electron chi connectivity index (χ1n) is 7.11. The standard InChI is InChI=1S/C15H19F2N3O2/c1-18-9-15(16,17)8-10-2-4-11(5-3-10)19-12-6-7-13(21)20-14(12)22/h2-5,12,18-19H,6-9H2,1H3,(H,20,21,22). The summed E-state index contributed by atoms with van der Waals surface area (Å²) in [5, 5.41) is 7.73. The number of halogens is 2. The number of hydrogen-bond donors (Lipinski definition) is 3. The van der Waals surface area contributed by atoms with Crippen molar-refractivity contribution in [2.24, 2.45) is 0 Å². The van der Waals surface area contributed by atoms with Gasteiger partial charge in [-0.05, 0) is 31.2 Å². The number of alkyl halides is 2. The number of benzene rings is 1. The third-order valence-electron chi connectivity index (χ3n) is 3.43. The van der Waals surface area contributed by atoms with Crippen LogP contribution in [0.5, 0.6) is 0 Å². The van der Waals surface area contributed by atoms with Gasteiger partial charge in [0.1, 0.15) is 6.04 Å². The second kappa shape index (κ2) is 6.83. The zero-order valence-corrected chi connectivity index (χ0v) is 12.3. The van der Waals surface area contributed by atoms with Gasteiger partial charge >= 0.3 is 0 Å². The zero-order chi connectivity index (χ0) is 16.2. The van der Waals surface area contributed by atoms with Crippen molar-refractivity contribution in [3.8, 4) is 0 Å². The van der Waals surface area contributed by atoms with Gasteiger partial charge in [0, 0.05) is 18.5 Å². The molecule has 0 aliphatic carbocycles. The summed E-state index contributed by atoms with van der Waals surface area (Å²) in [7, 11) is 1.49. The Balaban J connectivity index is 1.94. The summed E-state index contributed by atoms with van der Waals surface area (Å²) in [6.07, 6.45) is 0.372. The molecule has 1 unspecified atom stereocenters. The number of imide groups is 1. The van der Waals surface area contributed by atoms with Crippen molar-refractivity contribution in [2.75, 3.05) is 18.9 Å². The monoisotopic (exact) mass is 311 g/mol. The number of nitrogens with one attached hydrogen (secondary N) is 3. The van der Waals surface area contributed by atoms with Crippen LogP contribution in [0.2, 0.25) is 0 Å². The van der Waals surface area contributed by atoms with Crippen molar-refractivity contribution in [2.45, 2.75) is 31.2 Å². The number of carbonyl (C=O) groups excluding carboxylic acids is 2. The van der Waals surface area contributed by atoms with Crippen LogP contribution in [0.25, 0.3) is 0 Å². The Morgan fingerprint density at radius 1 is 1.27 bits per heavy atom. The van der Waals surface area contributed by atoms with Crippen LogP contribution in [0.4, 0.5) is 14.5 Å². The minimum absolute atomic E-state index is 0.273. The molecule has 2 amide bonds. The summed E-state index contributed by atoms with van der Waals surface area (Å²) in [5.74, 6) is -3.43. The van der Waals surface area contributed by atoms with Crippen molar-refractivity contribution < 1.29 is 18.4 Å². The predicted molar refractivity (Wildman–Crippen MR) is 78.8 cm³/mol. The first-order chi connectivity index (χ1) is 10.4. The number of carbonyl (C=O) groups is 2. The van der Waals surface area contributed by atoms with Crippen molar-refractivity contribution in [1.82, 2.24) is 10.6 Å².